The number of hydrogen-bond donors (Lipinski definition) is 0. The monoisotopic (exact) mass is 327 g/mol. The third kappa shape index (κ3) is 1.68. The van der Waals surface area contributed by atoms with Gasteiger partial charge in [0.2, 0.25) is 0 Å². The fourth-order valence-electron chi connectivity index (χ4n) is 4.90. The average molecular weight is 327 g/mol. The van der Waals surface area contributed by atoms with E-state index < -0.39 is 17.0 Å². The minimum absolute atomic E-state index is 0.0315. The van der Waals surface area contributed by atoms with E-state index in [0.29, 0.717) is 12.0 Å². The topological polar surface area (TPSA) is 55.8 Å². The normalized spacial score (nSPS) is 36.8. The van der Waals surface area contributed by atoms with Crippen LogP contribution >= 0.6 is 0 Å². The molecular formula is C19H21NO4. The summed E-state index contributed by atoms with van der Waals surface area (Å²) in [5.41, 5.74) is -0.429. The summed E-state index contributed by atoms with van der Waals surface area (Å²) in [6, 6.07) is 9.05. The second kappa shape index (κ2) is 4.93. The van der Waals surface area contributed by atoms with E-state index in [-0.39, 0.29) is 18.1 Å². The van der Waals surface area contributed by atoms with Gasteiger partial charge in [0.15, 0.2) is 5.60 Å². The van der Waals surface area contributed by atoms with Gasteiger partial charge < -0.3 is 9.47 Å². The molecule has 3 fully saturated rings. The zero-order valence-corrected chi connectivity index (χ0v) is 14.0. The van der Waals surface area contributed by atoms with Gasteiger partial charge >= 0.3 is 11.9 Å². The van der Waals surface area contributed by atoms with E-state index in [1.807, 2.05) is 13.1 Å². The summed E-state index contributed by atoms with van der Waals surface area (Å²) < 4.78 is 11.0. The molecule has 1 aromatic carbocycles. The van der Waals surface area contributed by atoms with Crippen LogP contribution in [0.5, 0.6) is 0 Å². The molecule has 0 N–H and O–H groups in total. The van der Waals surface area contributed by atoms with Gasteiger partial charge in [0.1, 0.15) is 5.41 Å². The van der Waals surface area contributed by atoms with Crippen molar-refractivity contribution >= 4 is 11.9 Å². The van der Waals surface area contributed by atoms with E-state index in [1.54, 1.807) is 24.3 Å². The van der Waals surface area contributed by atoms with Gasteiger partial charge in [0.25, 0.3) is 0 Å². The summed E-state index contributed by atoms with van der Waals surface area (Å²) in [5.74, 6) is -0.715. The smallest absolute Gasteiger partial charge is 0.339 e. The van der Waals surface area contributed by atoms with Crippen LogP contribution in [0.15, 0.2) is 42.5 Å². The fourth-order valence-corrected chi connectivity index (χ4v) is 4.90. The van der Waals surface area contributed by atoms with Gasteiger partial charge in [-0.2, -0.15) is 0 Å². The van der Waals surface area contributed by atoms with Crippen LogP contribution in [0.25, 0.3) is 0 Å². The number of ether oxygens (including phenoxy) is 2. The van der Waals surface area contributed by atoms with Crippen molar-refractivity contribution in [3.63, 3.8) is 0 Å². The van der Waals surface area contributed by atoms with Crippen LogP contribution in [0, 0.1) is 5.41 Å². The number of fused-ring (bicyclic) bond motifs is 4. The molecule has 0 spiro atoms. The van der Waals surface area contributed by atoms with Crippen molar-refractivity contribution in [2.45, 2.75) is 36.9 Å². The number of carbonyl (C=O) groups excluding carboxylic acids is 2. The second-order valence-electron chi connectivity index (χ2n) is 7.02. The molecule has 24 heavy (non-hydrogen) atoms. The van der Waals surface area contributed by atoms with E-state index in [1.165, 1.54) is 7.11 Å². The highest BCUT2D eigenvalue weighted by Crippen LogP contribution is 2.72. The molecule has 0 radical (unpaired) electrons. The molecular weight excluding hydrogens is 306 g/mol. The Morgan fingerprint density at radius 1 is 1.25 bits per heavy atom. The number of likely N-dealkylation sites (N-methyl/N-ethyl adjacent to an activating group) is 1. The molecule has 126 valence electrons. The van der Waals surface area contributed by atoms with Crippen LogP contribution in [0.1, 0.15) is 29.6 Å². The van der Waals surface area contributed by atoms with Crippen molar-refractivity contribution in [1.29, 1.82) is 0 Å². The molecule has 0 aromatic heterocycles. The summed E-state index contributed by atoms with van der Waals surface area (Å²) in [4.78, 5) is 27.5. The molecule has 4 rings (SSSR count). The number of benzene rings is 1. The number of piperidine rings is 1. The average Bonchev–Trinajstić information content (AvgIpc) is 3.16. The number of esters is 2. The molecule has 1 saturated carbocycles. The third-order valence-corrected chi connectivity index (χ3v) is 6.14. The molecule has 2 bridgehead atoms. The Hall–Kier alpha value is -2.14. The maximum Gasteiger partial charge on any atom is 0.339 e. The van der Waals surface area contributed by atoms with Gasteiger partial charge in [0.05, 0.1) is 12.7 Å². The largest absolute Gasteiger partial charge is 0.468 e. The Morgan fingerprint density at radius 2 is 1.96 bits per heavy atom. The van der Waals surface area contributed by atoms with Crippen molar-refractivity contribution in [3.8, 4) is 0 Å². The molecule has 1 aliphatic carbocycles. The Kier molecular flexibility index (Phi) is 3.16. The zero-order chi connectivity index (χ0) is 17.1. The number of rotatable bonds is 3. The van der Waals surface area contributed by atoms with Crippen molar-refractivity contribution in [3.05, 3.63) is 48.0 Å². The first-order chi connectivity index (χ1) is 11.5. The molecule has 0 unspecified atom stereocenters. The predicted molar refractivity (Wildman–Crippen MR) is 87.4 cm³/mol. The molecule has 1 aromatic rings. The molecule has 5 nitrogen and oxygen atoms in total. The minimum atomic E-state index is -0.925. The van der Waals surface area contributed by atoms with E-state index in [4.69, 9.17) is 9.47 Å². The van der Waals surface area contributed by atoms with Crippen LogP contribution in [0.3, 0.4) is 0 Å². The zero-order valence-electron chi connectivity index (χ0n) is 14.0. The van der Waals surface area contributed by atoms with E-state index in [0.717, 1.165) is 18.4 Å². The lowest BCUT2D eigenvalue weighted by molar-refractivity contribution is -0.154. The van der Waals surface area contributed by atoms with Gasteiger partial charge in [-0.3, -0.25) is 9.69 Å². The van der Waals surface area contributed by atoms with Crippen LogP contribution in [0.2, 0.25) is 0 Å². The standard InChI is InChI=1S/C19H21NO4/c1-12-14-9-10-15(20(14)2)18(17(22)23-3)11-19(12,18)24-16(21)13-7-5-4-6-8-13/h4-8,14-15H,1,9-11H2,2-3H3/t14-,15+,18+,19+/m1/s1. The quantitative estimate of drug-likeness (QED) is 0.629. The molecule has 0 amide bonds. The number of hydrogen-bond acceptors (Lipinski definition) is 5. The van der Waals surface area contributed by atoms with Crippen LogP contribution in [0.4, 0.5) is 0 Å². The molecule has 2 aliphatic heterocycles. The van der Waals surface area contributed by atoms with Crippen molar-refractivity contribution in [2.75, 3.05) is 14.2 Å². The first kappa shape index (κ1) is 15.4. The number of nitrogens with zero attached hydrogens (tertiary/aromatic N) is 1. The lowest BCUT2D eigenvalue weighted by Gasteiger charge is -2.41. The highest BCUT2D eigenvalue weighted by molar-refractivity contribution is 5.93. The lowest BCUT2D eigenvalue weighted by atomic mass is 9.84. The lowest BCUT2D eigenvalue weighted by Crippen LogP contribution is -2.54. The summed E-state index contributed by atoms with van der Waals surface area (Å²) >= 11 is 0. The van der Waals surface area contributed by atoms with Crippen LogP contribution in [-0.2, 0) is 14.3 Å². The van der Waals surface area contributed by atoms with Gasteiger partial charge in [-0.1, -0.05) is 24.8 Å². The maximum absolute atomic E-state index is 12.7. The molecule has 2 heterocycles. The number of carbonyl (C=O) groups is 2. The van der Waals surface area contributed by atoms with Crippen molar-refractivity contribution in [2.24, 2.45) is 5.41 Å². The molecule has 3 aliphatic rings. The van der Waals surface area contributed by atoms with E-state index in [2.05, 4.69) is 11.5 Å². The van der Waals surface area contributed by atoms with Crippen LogP contribution in [-0.4, -0.2) is 48.7 Å². The maximum atomic E-state index is 12.7. The molecule has 4 atom stereocenters. The second-order valence-corrected chi connectivity index (χ2v) is 7.02. The SMILES string of the molecule is C=C1[C@H]2CC[C@H](N2C)[C@]2(C(=O)OC)C[C@]12OC(=O)c1ccccc1. The van der Waals surface area contributed by atoms with Gasteiger partial charge in [-0.15, -0.1) is 0 Å². The highest BCUT2D eigenvalue weighted by Gasteiger charge is 2.84. The Morgan fingerprint density at radius 3 is 2.62 bits per heavy atom. The first-order valence-corrected chi connectivity index (χ1v) is 8.26. The molecule has 2 saturated heterocycles. The van der Waals surface area contributed by atoms with E-state index >= 15 is 0 Å². The summed E-state index contributed by atoms with van der Waals surface area (Å²) in [6.07, 6.45) is 2.29. The van der Waals surface area contributed by atoms with Crippen LogP contribution < -0.4 is 0 Å². The van der Waals surface area contributed by atoms with E-state index in [9.17, 15) is 9.59 Å². The highest BCUT2D eigenvalue weighted by atomic mass is 16.6. The Labute approximate surface area is 141 Å². The molecule has 5 heteroatoms. The Bertz CT molecular complexity index is 730. The van der Waals surface area contributed by atoms with Gasteiger partial charge in [0, 0.05) is 18.5 Å². The van der Waals surface area contributed by atoms with Gasteiger partial charge in [-0.25, -0.2) is 4.79 Å². The number of methoxy groups -OCH3 is 1. The third-order valence-electron chi connectivity index (χ3n) is 6.14. The van der Waals surface area contributed by atoms with Gasteiger partial charge in [-0.05, 0) is 37.6 Å². The van der Waals surface area contributed by atoms with Crippen molar-refractivity contribution < 1.29 is 19.1 Å². The predicted octanol–water partition coefficient (Wildman–Crippen LogP) is 2.18. The minimum Gasteiger partial charge on any atom is -0.468 e. The summed E-state index contributed by atoms with van der Waals surface area (Å²) in [6.45, 7) is 4.22. The summed E-state index contributed by atoms with van der Waals surface area (Å²) in [5, 5.41) is 0. The fraction of sp³-hybridized carbons (Fsp3) is 0.474. The van der Waals surface area contributed by atoms with Crippen molar-refractivity contribution in [1.82, 2.24) is 4.90 Å². The summed E-state index contributed by atoms with van der Waals surface area (Å²) in [7, 11) is 3.41. The Balaban J connectivity index is 1.72. The first-order valence-electron chi connectivity index (χ1n) is 8.26.